The second-order valence-corrected chi connectivity index (χ2v) is 6.56. The molecule has 0 aliphatic heterocycles. The van der Waals surface area contributed by atoms with Crippen LogP contribution in [0.25, 0.3) is 33.2 Å². The van der Waals surface area contributed by atoms with Gasteiger partial charge in [-0.25, -0.2) is 0 Å². The van der Waals surface area contributed by atoms with E-state index in [4.69, 9.17) is 1.37 Å². The molecule has 0 bridgehead atoms. The maximum Gasteiger partial charge on any atom is 0.220 e. The lowest BCUT2D eigenvalue weighted by Gasteiger charge is -2.11. The normalized spacial score (nSPS) is 11.6. The summed E-state index contributed by atoms with van der Waals surface area (Å²) in [4.78, 5) is 0. The molecule has 1 nitrogen and oxygen atoms in total. The van der Waals surface area contributed by atoms with Crippen LogP contribution in [0.2, 0.25) is 0 Å². The zero-order valence-electron chi connectivity index (χ0n) is 15.9. The van der Waals surface area contributed by atoms with Gasteiger partial charge in [-0.1, -0.05) is 60.7 Å². The average molecular weight is 325 g/mol. The van der Waals surface area contributed by atoms with Crippen molar-refractivity contribution < 1.29 is 5.94 Å². The predicted octanol–water partition coefficient (Wildman–Crippen LogP) is 5.62. The fourth-order valence-electron chi connectivity index (χ4n) is 3.49. The highest BCUT2D eigenvalue weighted by molar-refractivity contribution is 5.94. The van der Waals surface area contributed by atoms with Gasteiger partial charge in [0, 0.05) is 18.5 Å². The van der Waals surface area contributed by atoms with E-state index < -0.39 is 0 Å². The van der Waals surface area contributed by atoms with Crippen molar-refractivity contribution in [1.29, 1.82) is 0 Å². The SMILES string of the molecule is [2H]c1c(C)[n+](C)c(-c2ccc(-c3ccccc3)cc2C)c2ccccc12. The van der Waals surface area contributed by atoms with Crippen molar-refractivity contribution in [2.75, 3.05) is 0 Å². The van der Waals surface area contributed by atoms with Gasteiger partial charge in [0.2, 0.25) is 5.69 Å². The molecule has 0 unspecified atom stereocenters. The lowest BCUT2D eigenvalue weighted by molar-refractivity contribution is -0.665. The van der Waals surface area contributed by atoms with Gasteiger partial charge in [-0.2, -0.15) is 4.57 Å². The van der Waals surface area contributed by atoms with Crippen LogP contribution in [0.5, 0.6) is 0 Å². The number of pyridine rings is 1. The molecule has 0 amide bonds. The number of aryl methyl sites for hydroxylation is 1. The quantitative estimate of drug-likeness (QED) is 0.421. The Morgan fingerprint density at radius 3 is 2.28 bits per heavy atom. The Morgan fingerprint density at radius 1 is 0.800 bits per heavy atom. The zero-order valence-corrected chi connectivity index (χ0v) is 14.9. The van der Waals surface area contributed by atoms with E-state index >= 15 is 0 Å². The lowest BCUT2D eigenvalue weighted by atomic mass is 9.95. The molecule has 0 fully saturated rings. The summed E-state index contributed by atoms with van der Waals surface area (Å²) in [7, 11) is 2.06. The van der Waals surface area contributed by atoms with Gasteiger partial charge in [0.1, 0.15) is 7.05 Å². The van der Waals surface area contributed by atoms with Crippen LogP contribution in [0.3, 0.4) is 0 Å². The van der Waals surface area contributed by atoms with E-state index in [1.165, 1.54) is 27.9 Å². The van der Waals surface area contributed by atoms with Crippen molar-refractivity contribution in [1.82, 2.24) is 0 Å². The van der Waals surface area contributed by atoms with Crippen LogP contribution in [-0.4, -0.2) is 0 Å². The summed E-state index contributed by atoms with van der Waals surface area (Å²) >= 11 is 0. The fraction of sp³-hybridized carbons (Fsp3) is 0.125. The molecule has 3 aromatic carbocycles. The molecular formula is C24H22N+. The number of hydrogen-bond acceptors (Lipinski definition) is 0. The van der Waals surface area contributed by atoms with E-state index in [9.17, 15) is 0 Å². The molecule has 1 heterocycles. The van der Waals surface area contributed by atoms with Gasteiger partial charge in [0.25, 0.3) is 0 Å². The Hall–Kier alpha value is -2.93. The van der Waals surface area contributed by atoms with Crippen molar-refractivity contribution in [3.63, 3.8) is 0 Å². The number of benzene rings is 3. The van der Waals surface area contributed by atoms with Gasteiger partial charge in [-0.05, 0) is 41.1 Å². The summed E-state index contributed by atoms with van der Waals surface area (Å²) < 4.78 is 10.6. The molecule has 0 aliphatic rings. The Bertz CT molecular complexity index is 1110. The molecule has 0 saturated carbocycles. The molecule has 0 aliphatic carbocycles. The highest BCUT2D eigenvalue weighted by Gasteiger charge is 2.19. The summed E-state index contributed by atoms with van der Waals surface area (Å²) in [6.45, 7) is 4.19. The van der Waals surface area contributed by atoms with Gasteiger partial charge in [-0.15, -0.1) is 0 Å². The van der Waals surface area contributed by atoms with E-state index in [1.807, 2.05) is 31.2 Å². The first kappa shape index (κ1) is 14.4. The lowest BCUT2D eigenvalue weighted by Crippen LogP contribution is -2.35. The van der Waals surface area contributed by atoms with Crippen LogP contribution in [0.4, 0.5) is 0 Å². The third-order valence-electron chi connectivity index (χ3n) is 4.92. The maximum atomic E-state index is 8.47. The highest BCUT2D eigenvalue weighted by atomic mass is 14.9. The molecule has 1 aromatic heterocycles. The van der Waals surface area contributed by atoms with Crippen LogP contribution in [0.15, 0.2) is 78.8 Å². The number of rotatable bonds is 2. The van der Waals surface area contributed by atoms with E-state index in [0.29, 0.717) is 6.04 Å². The third kappa shape index (κ3) is 2.72. The maximum absolute atomic E-state index is 8.47. The van der Waals surface area contributed by atoms with E-state index in [2.05, 4.69) is 67.1 Å². The first-order valence-corrected chi connectivity index (χ1v) is 8.62. The summed E-state index contributed by atoms with van der Waals surface area (Å²) in [6, 6.07) is 25.9. The Balaban J connectivity index is 1.97. The van der Waals surface area contributed by atoms with Crippen molar-refractivity contribution in [3.8, 4) is 22.4 Å². The van der Waals surface area contributed by atoms with Crippen molar-refractivity contribution in [3.05, 3.63) is 90.1 Å². The molecule has 4 aromatic rings. The van der Waals surface area contributed by atoms with Crippen LogP contribution in [0.1, 0.15) is 12.6 Å². The fourth-order valence-corrected chi connectivity index (χ4v) is 3.49. The monoisotopic (exact) mass is 325 g/mol. The molecule has 122 valence electrons. The summed E-state index contributed by atoms with van der Waals surface area (Å²) in [5.74, 6) is 0. The second kappa shape index (κ2) is 6.18. The molecule has 4 rings (SSSR count). The largest absolute Gasteiger partial charge is 0.220 e. The summed E-state index contributed by atoms with van der Waals surface area (Å²) in [5, 5.41) is 2.13. The van der Waals surface area contributed by atoms with E-state index in [-0.39, 0.29) is 0 Å². The third-order valence-corrected chi connectivity index (χ3v) is 4.92. The van der Waals surface area contributed by atoms with Gasteiger partial charge >= 0.3 is 0 Å². The smallest absolute Gasteiger partial charge is 0.198 e. The molecule has 0 saturated heterocycles. The summed E-state index contributed by atoms with van der Waals surface area (Å²) in [6.07, 6.45) is 0. The van der Waals surface area contributed by atoms with Crippen LogP contribution < -0.4 is 4.57 Å². The number of aromatic nitrogens is 1. The molecule has 0 N–H and O–H groups in total. The average Bonchev–Trinajstić information content (AvgIpc) is 2.68. The van der Waals surface area contributed by atoms with Gasteiger partial charge in [0.05, 0.1) is 6.76 Å². The first-order valence-electron chi connectivity index (χ1n) is 9.12. The Morgan fingerprint density at radius 2 is 1.52 bits per heavy atom. The molecule has 25 heavy (non-hydrogen) atoms. The van der Waals surface area contributed by atoms with Gasteiger partial charge in [0.15, 0.2) is 5.69 Å². The van der Waals surface area contributed by atoms with Gasteiger partial charge < -0.3 is 0 Å². The minimum absolute atomic E-state index is 0.602. The van der Waals surface area contributed by atoms with Crippen molar-refractivity contribution >= 4 is 10.8 Å². The standard InChI is InChI=1S/C24H22N/c1-17-15-20(19-9-5-4-6-10-19)13-14-22(17)24-23-12-8-7-11-21(23)16-18(2)25(24)3/h4-16H,1-3H3/q+1/i16D. The zero-order chi connectivity index (χ0) is 18.3. The Kier molecular flexibility index (Phi) is 3.56. The Labute approximate surface area is 150 Å². The van der Waals surface area contributed by atoms with Crippen LogP contribution in [0, 0.1) is 13.8 Å². The molecular weight excluding hydrogens is 302 g/mol. The molecule has 0 atom stereocenters. The molecule has 1 heteroatoms. The van der Waals surface area contributed by atoms with Crippen molar-refractivity contribution in [2.24, 2.45) is 7.05 Å². The predicted molar refractivity (Wildman–Crippen MR) is 105 cm³/mol. The topological polar surface area (TPSA) is 3.88 Å². The second-order valence-electron chi connectivity index (χ2n) is 6.56. The van der Waals surface area contributed by atoms with E-state index in [0.717, 1.165) is 16.5 Å². The number of hydrogen-bond donors (Lipinski definition) is 0. The van der Waals surface area contributed by atoms with Crippen LogP contribution in [-0.2, 0) is 7.05 Å². The van der Waals surface area contributed by atoms with E-state index in [1.54, 1.807) is 0 Å². The molecule has 0 radical (unpaired) electrons. The number of fused-ring (bicyclic) bond motifs is 1. The highest BCUT2D eigenvalue weighted by Crippen LogP contribution is 2.31. The summed E-state index contributed by atoms with van der Waals surface area (Å²) in [5.41, 5.74) is 7.06. The number of nitrogens with zero attached hydrogens (tertiary/aromatic N) is 1. The minimum atomic E-state index is 0.602. The molecule has 0 spiro atoms. The minimum Gasteiger partial charge on any atom is -0.198 e. The van der Waals surface area contributed by atoms with Gasteiger partial charge in [-0.3, -0.25) is 0 Å². The first-order chi connectivity index (χ1) is 12.6. The van der Waals surface area contributed by atoms with Crippen LogP contribution >= 0.6 is 0 Å². The van der Waals surface area contributed by atoms with Crippen molar-refractivity contribution in [2.45, 2.75) is 13.8 Å².